The van der Waals surface area contributed by atoms with E-state index in [0.29, 0.717) is 18.7 Å². The van der Waals surface area contributed by atoms with Gasteiger partial charge in [-0.2, -0.15) is 4.31 Å². The number of ether oxygens (including phenoxy) is 1. The molecule has 1 aliphatic carbocycles. The van der Waals surface area contributed by atoms with Crippen LogP contribution in [-0.4, -0.2) is 37.2 Å². The van der Waals surface area contributed by atoms with E-state index in [1.807, 2.05) is 6.07 Å². The number of hydrogen-bond acceptors (Lipinski definition) is 4. The first kappa shape index (κ1) is 16.0. The Bertz CT molecular complexity index is 543. The van der Waals surface area contributed by atoms with Crippen molar-refractivity contribution in [2.24, 2.45) is 0 Å². The third-order valence-corrected chi connectivity index (χ3v) is 6.60. The molecule has 1 aromatic heterocycles. The van der Waals surface area contributed by atoms with Gasteiger partial charge in [0.25, 0.3) is 0 Å². The molecule has 5 nitrogen and oxygen atoms in total. The van der Waals surface area contributed by atoms with Gasteiger partial charge in [0.2, 0.25) is 10.0 Å². The maximum Gasteiger partial charge on any atom is 0.214 e. The summed E-state index contributed by atoms with van der Waals surface area (Å²) in [6.45, 7) is 1.12. The van der Waals surface area contributed by atoms with E-state index < -0.39 is 10.0 Å². The fraction of sp³-hybridized carbons (Fsp3) is 0.750. The van der Waals surface area contributed by atoms with Crippen molar-refractivity contribution >= 4 is 10.0 Å². The number of nitrogens with zero attached hydrogens (tertiary/aromatic N) is 1. The molecule has 22 heavy (non-hydrogen) atoms. The lowest BCUT2D eigenvalue weighted by Gasteiger charge is -2.27. The van der Waals surface area contributed by atoms with E-state index >= 15 is 0 Å². The second-order valence-electron chi connectivity index (χ2n) is 6.30. The van der Waals surface area contributed by atoms with Gasteiger partial charge in [0.05, 0.1) is 24.7 Å². The standard InChI is InChI=1S/C16H25NO4S/c18-22(19,12-9-15-7-3-10-20-15)17(14-5-1-2-6-14)13-16-8-4-11-21-16/h4,8,11,14-15H,1-3,5-7,9-10,12-13H2/t15-/m1/s1. The fourth-order valence-electron chi connectivity index (χ4n) is 3.47. The van der Waals surface area contributed by atoms with Gasteiger partial charge < -0.3 is 9.15 Å². The van der Waals surface area contributed by atoms with Crippen LogP contribution in [0.3, 0.4) is 0 Å². The first-order chi connectivity index (χ1) is 10.6. The molecule has 0 radical (unpaired) electrons. The smallest absolute Gasteiger partial charge is 0.214 e. The van der Waals surface area contributed by atoms with Gasteiger partial charge in [-0.25, -0.2) is 8.42 Å². The molecule has 1 saturated heterocycles. The number of furan rings is 1. The van der Waals surface area contributed by atoms with Crippen molar-refractivity contribution in [3.63, 3.8) is 0 Å². The van der Waals surface area contributed by atoms with E-state index in [-0.39, 0.29) is 17.9 Å². The summed E-state index contributed by atoms with van der Waals surface area (Å²) in [7, 11) is -3.28. The van der Waals surface area contributed by atoms with Crippen LogP contribution in [-0.2, 0) is 21.3 Å². The molecule has 3 rings (SSSR count). The molecule has 2 heterocycles. The summed E-state index contributed by atoms with van der Waals surface area (Å²) in [5, 5.41) is 0. The predicted molar refractivity (Wildman–Crippen MR) is 83.9 cm³/mol. The highest BCUT2D eigenvalue weighted by molar-refractivity contribution is 7.89. The molecule has 0 amide bonds. The minimum Gasteiger partial charge on any atom is -0.468 e. The molecule has 6 heteroatoms. The van der Waals surface area contributed by atoms with Crippen molar-refractivity contribution in [3.05, 3.63) is 24.2 Å². The zero-order valence-corrected chi connectivity index (χ0v) is 13.8. The maximum absolute atomic E-state index is 12.8. The molecule has 1 saturated carbocycles. The van der Waals surface area contributed by atoms with Gasteiger partial charge in [-0.05, 0) is 44.2 Å². The molecule has 0 aromatic carbocycles. The first-order valence-corrected chi connectivity index (χ1v) is 9.89. The van der Waals surface area contributed by atoms with Crippen molar-refractivity contribution in [1.29, 1.82) is 0 Å². The summed E-state index contributed by atoms with van der Waals surface area (Å²) < 4.78 is 38.3. The Morgan fingerprint density at radius 2 is 2.00 bits per heavy atom. The molecule has 2 aliphatic rings. The summed E-state index contributed by atoms with van der Waals surface area (Å²) in [5.74, 6) is 0.891. The molecular weight excluding hydrogens is 302 g/mol. The van der Waals surface area contributed by atoms with Gasteiger partial charge in [0, 0.05) is 12.6 Å². The van der Waals surface area contributed by atoms with Crippen LogP contribution >= 0.6 is 0 Å². The highest BCUT2D eigenvalue weighted by Crippen LogP contribution is 2.28. The summed E-state index contributed by atoms with van der Waals surface area (Å²) in [6.07, 6.45) is 8.48. The lowest BCUT2D eigenvalue weighted by molar-refractivity contribution is 0.108. The average molecular weight is 327 g/mol. The Hall–Kier alpha value is -0.850. The molecule has 1 atom stereocenters. The predicted octanol–water partition coefficient (Wildman–Crippen LogP) is 2.92. The van der Waals surface area contributed by atoms with Crippen molar-refractivity contribution in [2.45, 2.75) is 63.6 Å². The minimum absolute atomic E-state index is 0.115. The highest BCUT2D eigenvalue weighted by atomic mass is 32.2. The Labute approximate surface area is 132 Å². The Kier molecular flexibility index (Phi) is 5.21. The Morgan fingerprint density at radius 3 is 2.64 bits per heavy atom. The van der Waals surface area contributed by atoms with Gasteiger partial charge in [-0.15, -0.1) is 0 Å². The van der Waals surface area contributed by atoms with Gasteiger partial charge in [-0.1, -0.05) is 12.8 Å². The van der Waals surface area contributed by atoms with Crippen molar-refractivity contribution < 1.29 is 17.6 Å². The normalized spacial score (nSPS) is 23.6. The summed E-state index contributed by atoms with van der Waals surface area (Å²) in [6, 6.07) is 3.78. The minimum atomic E-state index is -3.28. The van der Waals surface area contributed by atoms with E-state index in [1.54, 1.807) is 16.6 Å². The zero-order valence-electron chi connectivity index (χ0n) is 12.9. The topological polar surface area (TPSA) is 59.8 Å². The van der Waals surface area contributed by atoms with E-state index in [4.69, 9.17) is 9.15 Å². The van der Waals surface area contributed by atoms with Gasteiger partial charge in [0.15, 0.2) is 0 Å². The molecule has 1 aliphatic heterocycles. The van der Waals surface area contributed by atoms with Gasteiger partial charge >= 0.3 is 0 Å². The second kappa shape index (κ2) is 7.15. The van der Waals surface area contributed by atoms with Gasteiger partial charge in [0.1, 0.15) is 5.76 Å². The van der Waals surface area contributed by atoms with Crippen molar-refractivity contribution in [1.82, 2.24) is 4.31 Å². The largest absolute Gasteiger partial charge is 0.468 e. The molecule has 1 aromatic rings. The molecule has 0 bridgehead atoms. The summed E-state index contributed by atoms with van der Waals surface area (Å²) >= 11 is 0. The maximum atomic E-state index is 12.8. The third kappa shape index (κ3) is 3.91. The molecule has 0 spiro atoms. The molecular formula is C16H25NO4S. The van der Waals surface area contributed by atoms with Crippen LogP contribution in [0.15, 0.2) is 22.8 Å². The van der Waals surface area contributed by atoms with E-state index in [1.165, 1.54) is 0 Å². The number of hydrogen-bond donors (Lipinski definition) is 0. The van der Waals surface area contributed by atoms with Crippen molar-refractivity contribution in [3.8, 4) is 0 Å². The Morgan fingerprint density at radius 1 is 1.18 bits per heavy atom. The van der Waals surface area contributed by atoms with Crippen LogP contribution < -0.4 is 0 Å². The Balaban J connectivity index is 1.68. The van der Waals surface area contributed by atoms with E-state index in [9.17, 15) is 8.42 Å². The van der Waals surface area contributed by atoms with Crippen LogP contribution in [0.25, 0.3) is 0 Å². The van der Waals surface area contributed by atoms with Gasteiger partial charge in [-0.3, -0.25) is 0 Å². The number of sulfonamides is 1. The summed E-state index contributed by atoms with van der Waals surface area (Å²) in [4.78, 5) is 0. The number of rotatable bonds is 7. The SMILES string of the molecule is O=S(=O)(CC[C@H]1CCCO1)N(Cc1ccco1)C1CCCC1. The first-order valence-electron chi connectivity index (χ1n) is 8.29. The molecule has 0 N–H and O–H groups in total. The second-order valence-corrected chi connectivity index (χ2v) is 8.34. The quantitative estimate of drug-likeness (QED) is 0.772. The lowest BCUT2D eigenvalue weighted by atomic mass is 10.2. The molecule has 124 valence electrons. The van der Waals surface area contributed by atoms with Crippen LogP contribution in [0.5, 0.6) is 0 Å². The monoisotopic (exact) mass is 327 g/mol. The fourth-order valence-corrected chi connectivity index (χ4v) is 5.26. The highest BCUT2D eigenvalue weighted by Gasteiger charge is 2.33. The average Bonchev–Trinajstić information content (AvgIpc) is 3.25. The van der Waals surface area contributed by atoms with Crippen LogP contribution in [0.1, 0.15) is 50.7 Å². The zero-order chi connectivity index (χ0) is 15.4. The van der Waals surface area contributed by atoms with E-state index in [2.05, 4.69) is 0 Å². The molecule has 2 fully saturated rings. The van der Waals surface area contributed by atoms with E-state index in [0.717, 1.165) is 45.1 Å². The van der Waals surface area contributed by atoms with Crippen LogP contribution in [0.2, 0.25) is 0 Å². The third-order valence-electron chi connectivity index (χ3n) is 4.70. The molecule has 0 unspecified atom stereocenters. The van der Waals surface area contributed by atoms with Crippen LogP contribution in [0.4, 0.5) is 0 Å². The lowest BCUT2D eigenvalue weighted by Crippen LogP contribution is -2.40. The summed E-state index contributed by atoms with van der Waals surface area (Å²) in [5.41, 5.74) is 0. The van der Waals surface area contributed by atoms with Crippen LogP contribution in [0, 0.1) is 0 Å². The van der Waals surface area contributed by atoms with Crippen molar-refractivity contribution in [2.75, 3.05) is 12.4 Å².